The molecule has 0 spiro atoms. The Kier molecular flexibility index (Phi) is 5.16. The van der Waals surface area contributed by atoms with Crippen LogP contribution in [0.25, 0.3) is 27.8 Å². The third kappa shape index (κ3) is 3.65. The van der Waals surface area contributed by atoms with E-state index < -0.39 is 17.4 Å². The van der Waals surface area contributed by atoms with Crippen molar-refractivity contribution in [1.29, 1.82) is 0 Å². The van der Waals surface area contributed by atoms with E-state index in [0.717, 1.165) is 0 Å². The second-order valence-corrected chi connectivity index (χ2v) is 7.44. The van der Waals surface area contributed by atoms with Crippen molar-refractivity contribution in [2.24, 2.45) is 0 Å². The van der Waals surface area contributed by atoms with Crippen LogP contribution in [-0.2, 0) is 0 Å². The SMILES string of the molecule is [B]c1nc(N[C@@H](CC)c2nc3cccc(F)c3c(=O)n2-c2ccccc2)c2[nH]c([B])nc2n1. The number of aromatic amines is 1. The molecule has 8 nitrogen and oxygen atoms in total. The number of nitrogens with zero attached hydrogens (tertiary/aromatic N) is 5. The van der Waals surface area contributed by atoms with Crippen molar-refractivity contribution < 1.29 is 4.39 Å². The predicted molar refractivity (Wildman–Crippen MR) is 126 cm³/mol. The predicted octanol–water partition coefficient (Wildman–Crippen LogP) is 1.34. The number of benzene rings is 2. The van der Waals surface area contributed by atoms with E-state index in [9.17, 15) is 9.18 Å². The van der Waals surface area contributed by atoms with Crippen LogP contribution in [0, 0.1) is 5.82 Å². The molecule has 2 N–H and O–H groups in total. The summed E-state index contributed by atoms with van der Waals surface area (Å²) in [4.78, 5) is 33.6. The van der Waals surface area contributed by atoms with Gasteiger partial charge in [-0.15, -0.1) is 0 Å². The Morgan fingerprint density at radius 3 is 2.61 bits per heavy atom. The molecular formula is C22H16B2FN7O. The lowest BCUT2D eigenvalue weighted by atomic mass is 10.1. The number of hydrogen-bond donors (Lipinski definition) is 2. The zero-order valence-electron chi connectivity index (χ0n) is 17.6. The van der Waals surface area contributed by atoms with E-state index in [4.69, 9.17) is 15.7 Å². The Hall–Kier alpha value is -4.01. The van der Waals surface area contributed by atoms with Gasteiger partial charge in [-0.25, -0.2) is 24.3 Å². The van der Waals surface area contributed by atoms with E-state index in [0.29, 0.717) is 34.9 Å². The van der Waals surface area contributed by atoms with Crippen LogP contribution >= 0.6 is 0 Å². The molecule has 0 amide bonds. The molecule has 0 unspecified atom stereocenters. The molecule has 158 valence electrons. The highest BCUT2D eigenvalue weighted by atomic mass is 19.1. The lowest BCUT2D eigenvalue weighted by Gasteiger charge is -2.22. The van der Waals surface area contributed by atoms with Crippen molar-refractivity contribution in [2.45, 2.75) is 19.4 Å². The highest BCUT2D eigenvalue weighted by molar-refractivity contribution is 6.31. The van der Waals surface area contributed by atoms with E-state index in [1.807, 2.05) is 13.0 Å². The largest absolute Gasteiger partial charge is 0.358 e. The van der Waals surface area contributed by atoms with Crippen molar-refractivity contribution in [3.05, 3.63) is 70.5 Å². The summed E-state index contributed by atoms with van der Waals surface area (Å²) in [6.07, 6.45) is 0.523. The number of rotatable bonds is 5. The van der Waals surface area contributed by atoms with Gasteiger partial charge in [-0.3, -0.25) is 9.36 Å². The average Bonchev–Trinajstić information content (AvgIpc) is 3.17. The molecule has 5 aromatic rings. The summed E-state index contributed by atoms with van der Waals surface area (Å²) < 4.78 is 16.0. The van der Waals surface area contributed by atoms with Crippen LogP contribution in [0.3, 0.4) is 0 Å². The van der Waals surface area contributed by atoms with Crippen LogP contribution in [0.4, 0.5) is 10.2 Å². The van der Waals surface area contributed by atoms with Gasteiger partial charge in [0.15, 0.2) is 27.2 Å². The molecule has 0 aliphatic carbocycles. The lowest BCUT2D eigenvalue weighted by molar-refractivity contribution is 0.630. The van der Waals surface area contributed by atoms with Crippen molar-refractivity contribution in [2.75, 3.05) is 5.32 Å². The molecule has 3 aromatic heterocycles. The van der Waals surface area contributed by atoms with Gasteiger partial charge in [0.25, 0.3) is 5.56 Å². The average molecular weight is 435 g/mol. The topological polar surface area (TPSA) is 101 Å². The number of H-pyrrole nitrogens is 1. The molecular weight excluding hydrogens is 419 g/mol. The van der Waals surface area contributed by atoms with E-state index in [-0.39, 0.29) is 22.4 Å². The van der Waals surface area contributed by atoms with Gasteiger partial charge < -0.3 is 10.3 Å². The van der Waals surface area contributed by atoms with Crippen LogP contribution in [0.15, 0.2) is 53.3 Å². The molecule has 0 aliphatic rings. The van der Waals surface area contributed by atoms with Gasteiger partial charge in [0, 0.05) is 0 Å². The summed E-state index contributed by atoms with van der Waals surface area (Å²) >= 11 is 0. The summed E-state index contributed by atoms with van der Waals surface area (Å²) in [5.74, 6) is 0.131. The van der Waals surface area contributed by atoms with E-state index in [2.05, 4.69) is 30.2 Å². The molecule has 0 saturated carbocycles. The van der Waals surface area contributed by atoms with Crippen molar-refractivity contribution in [1.82, 2.24) is 29.5 Å². The van der Waals surface area contributed by atoms with Crippen LogP contribution in [0.5, 0.6) is 0 Å². The highest BCUT2D eigenvalue weighted by Gasteiger charge is 2.23. The molecule has 2 aromatic carbocycles. The number of halogens is 1. The number of fused-ring (bicyclic) bond motifs is 2. The van der Waals surface area contributed by atoms with Crippen LogP contribution in [-0.4, -0.2) is 45.2 Å². The van der Waals surface area contributed by atoms with Crippen molar-refractivity contribution in [3.63, 3.8) is 0 Å². The molecule has 1 atom stereocenters. The fourth-order valence-corrected chi connectivity index (χ4v) is 3.82. The number of nitrogens with one attached hydrogen (secondary N) is 2. The third-order valence-corrected chi connectivity index (χ3v) is 5.30. The van der Waals surface area contributed by atoms with E-state index >= 15 is 0 Å². The number of anilines is 1. The van der Waals surface area contributed by atoms with Gasteiger partial charge in [0.2, 0.25) is 0 Å². The van der Waals surface area contributed by atoms with Crippen LogP contribution in [0.1, 0.15) is 25.2 Å². The quantitative estimate of drug-likeness (QED) is 0.405. The summed E-state index contributed by atoms with van der Waals surface area (Å²) in [5, 5.41) is 3.21. The van der Waals surface area contributed by atoms with Gasteiger partial charge in [-0.1, -0.05) is 31.2 Å². The monoisotopic (exact) mass is 435 g/mol. The first-order valence-electron chi connectivity index (χ1n) is 10.3. The zero-order valence-corrected chi connectivity index (χ0v) is 17.6. The molecule has 0 bridgehead atoms. The normalized spacial score (nSPS) is 12.3. The van der Waals surface area contributed by atoms with Crippen LogP contribution in [0.2, 0.25) is 0 Å². The maximum atomic E-state index is 14.6. The smallest absolute Gasteiger partial charge is 0.269 e. The number of hydrogen-bond acceptors (Lipinski definition) is 6. The second kappa shape index (κ2) is 8.16. The van der Waals surface area contributed by atoms with Gasteiger partial charge >= 0.3 is 0 Å². The summed E-state index contributed by atoms with van der Waals surface area (Å²) in [6.45, 7) is 1.93. The van der Waals surface area contributed by atoms with Crippen molar-refractivity contribution in [3.8, 4) is 5.69 Å². The number of aromatic nitrogens is 6. The standard InChI is InChI=1S/C22H16B2FN7O/c1-2-13(26-17-16-18(30-21(23)28-16)31-22(24)29-17)19-27-14-10-6-9-12(25)15(14)20(33)32(19)11-7-4-3-5-8-11/h3-10,13H,2H2,1H3,(H2,26,28,29,30,31)/t13-/m0/s1. The van der Waals surface area contributed by atoms with Crippen LogP contribution < -0.4 is 22.3 Å². The van der Waals surface area contributed by atoms with Gasteiger partial charge in [-0.2, -0.15) is 0 Å². The molecule has 0 saturated heterocycles. The molecule has 33 heavy (non-hydrogen) atoms. The zero-order chi connectivity index (χ0) is 23.1. The van der Waals surface area contributed by atoms with Gasteiger partial charge in [-0.05, 0) is 30.7 Å². The van der Waals surface area contributed by atoms with Gasteiger partial charge in [0.05, 0.1) is 28.7 Å². The molecule has 0 aliphatic heterocycles. The number of para-hydroxylation sites is 1. The molecule has 4 radical (unpaired) electrons. The Bertz CT molecular complexity index is 1550. The fourth-order valence-electron chi connectivity index (χ4n) is 3.82. The number of imidazole rings is 1. The molecule has 3 heterocycles. The minimum absolute atomic E-state index is 0.0142. The lowest BCUT2D eigenvalue weighted by Crippen LogP contribution is -2.29. The molecule has 5 rings (SSSR count). The summed E-state index contributed by atoms with van der Waals surface area (Å²) in [7, 11) is 11.6. The van der Waals surface area contributed by atoms with E-state index in [1.54, 1.807) is 30.3 Å². The minimum Gasteiger partial charge on any atom is -0.358 e. The summed E-state index contributed by atoms with van der Waals surface area (Å²) in [6, 6.07) is 12.9. The Morgan fingerprint density at radius 1 is 1.06 bits per heavy atom. The Labute approximate surface area is 190 Å². The molecule has 0 fully saturated rings. The summed E-state index contributed by atoms with van der Waals surface area (Å²) in [5.41, 5.74) is 1.29. The maximum absolute atomic E-state index is 14.6. The second-order valence-electron chi connectivity index (χ2n) is 7.44. The first-order chi connectivity index (χ1) is 16.0. The Balaban J connectivity index is 1.74. The maximum Gasteiger partial charge on any atom is 0.269 e. The minimum atomic E-state index is -0.625. The molecule has 11 heteroatoms. The first-order valence-corrected chi connectivity index (χ1v) is 10.3. The highest BCUT2D eigenvalue weighted by Crippen LogP contribution is 2.26. The van der Waals surface area contributed by atoms with E-state index in [1.165, 1.54) is 16.7 Å². The third-order valence-electron chi connectivity index (χ3n) is 5.30. The van der Waals surface area contributed by atoms with Crippen molar-refractivity contribution >= 4 is 55.0 Å². The Morgan fingerprint density at radius 2 is 1.85 bits per heavy atom. The fraction of sp³-hybridized carbons (Fsp3) is 0.136. The first kappa shape index (κ1) is 20.9. The van der Waals surface area contributed by atoms with Gasteiger partial charge in [0.1, 0.15) is 22.5 Å².